The number of aliphatic hydroxyl groups excluding tert-OH is 2. The summed E-state index contributed by atoms with van der Waals surface area (Å²) in [6, 6.07) is 4.91. The van der Waals surface area contributed by atoms with Gasteiger partial charge in [-0.05, 0) is 12.1 Å². The van der Waals surface area contributed by atoms with E-state index in [1.807, 2.05) is 0 Å². The number of ether oxygens (including phenoxy) is 2. The third kappa shape index (κ3) is 5.16. The minimum Gasteiger partial charge on any atom is -0.493 e. The van der Waals surface area contributed by atoms with Crippen molar-refractivity contribution < 1.29 is 24.5 Å². The highest BCUT2D eigenvalue weighted by molar-refractivity contribution is 5.76. The molecule has 0 bridgehead atoms. The Balaban J connectivity index is 2.64. The predicted octanol–water partition coefficient (Wildman–Crippen LogP) is 1.02. The van der Waals surface area contributed by atoms with Gasteiger partial charge in [0.15, 0.2) is 0 Å². The quantitative estimate of drug-likeness (QED) is 0.508. The first-order valence-corrected chi connectivity index (χ1v) is 5.87. The number of hydrogen-bond acceptors (Lipinski definition) is 5. The van der Waals surface area contributed by atoms with Gasteiger partial charge < -0.3 is 19.7 Å². The maximum absolute atomic E-state index is 10.8. The van der Waals surface area contributed by atoms with E-state index in [1.165, 1.54) is 0 Å². The van der Waals surface area contributed by atoms with Crippen molar-refractivity contribution in [3.8, 4) is 11.5 Å². The van der Waals surface area contributed by atoms with Crippen LogP contribution in [-0.4, -0.2) is 42.9 Å². The molecule has 0 radical (unpaired) electrons. The zero-order chi connectivity index (χ0) is 13.2. The Hall–Kier alpha value is -1.59. The van der Waals surface area contributed by atoms with Crippen molar-refractivity contribution in [1.29, 1.82) is 0 Å². The molecule has 18 heavy (non-hydrogen) atoms. The monoisotopic (exact) mass is 254 g/mol. The molecule has 0 aliphatic rings. The smallest absolute Gasteiger partial charge is 0.150 e. The summed E-state index contributed by atoms with van der Waals surface area (Å²) in [6.07, 6.45) is 1.79. The van der Waals surface area contributed by atoms with Gasteiger partial charge in [-0.3, -0.25) is 4.79 Å². The molecular formula is C13H18O5. The van der Waals surface area contributed by atoms with Crippen molar-refractivity contribution in [2.75, 3.05) is 26.4 Å². The average molecular weight is 254 g/mol. The van der Waals surface area contributed by atoms with Gasteiger partial charge in [-0.1, -0.05) is 0 Å². The first kappa shape index (κ1) is 14.5. The van der Waals surface area contributed by atoms with E-state index in [9.17, 15) is 4.79 Å². The highest BCUT2D eigenvalue weighted by atomic mass is 16.5. The molecule has 0 aliphatic heterocycles. The van der Waals surface area contributed by atoms with Gasteiger partial charge >= 0.3 is 0 Å². The van der Waals surface area contributed by atoms with Crippen LogP contribution in [0.3, 0.4) is 0 Å². The van der Waals surface area contributed by atoms with Crippen LogP contribution in [0.4, 0.5) is 0 Å². The summed E-state index contributed by atoms with van der Waals surface area (Å²) in [5.41, 5.74) is 0.468. The summed E-state index contributed by atoms with van der Waals surface area (Å²) in [4.78, 5) is 10.8. The highest BCUT2D eigenvalue weighted by Gasteiger charge is 2.03. The standard InChI is InChI=1S/C13H18O5/c14-3-1-5-17-12-7-11(10-16)8-13(9-12)18-6-2-4-15/h7-10,14-15H,1-6H2. The van der Waals surface area contributed by atoms with Crippen molar-refractivity contribution in [1.82, 2.24) is 0 Å². The molecule has 100 valence electrons. The number of aldehydes is 1. The van der Waals surface area contributed by atoms with Crippen LogP contribution in [0.25, 0.3) is 0 Å². The molecule has 0 amide bonds. The number of benzene rings is 1. The van der Waals surface area contributed by atoms with Gasteiger partial charge in [-0.25, -0.2) is 0 Å². The Morgan fingerprint density at radius 2 is 1.44 bits per heavy atom. The molecule has 5 nitrogen and oxygen atoms in total. The van der Waals surface area contributed by atoms with E-state index in [2.05, 4.69) is 0 Å². The molecule has 0 unspecified atom stereocenters. The number of hydrogen-bond donors (Lipinski definition) is 2. The molecule has 0 heterocycles. The topological polar surface area (TPSA) is 76.0 Å². The van der Waals surface area contributed by atoms with Crippen LogP contribution >= 0.6 is 0 Å². The highest BCUT2D eigenvalue weighted by Crippen LogP contribution is 2.22. The van der Waals surface area contributed by atoms with E-state index < -0.39 is 0 Å². The minimum absolute atomic E-state index is 0.0627. The fourth-order valence-corrected chi connectivity index (χ4v) is 1.34. The normalized spacial score (nSPS) is 10.1. The number of carbonyl (C=O) groups excluding carboxylic acids is 1. The maximum atomic E-state index is 10.8. The summed E-state index contributed by atoms with van der Waals surface area (Å²) in [5, 5.41) is 17.3. The molecule has 5 heteroatoms. The lowest BCUT2D eigenvalue weighted by atomic mass is 10.2. The summed E-state index contributed by atoms with van der Waals surface area (Å²) >= 11 is 0. The van der Waals surface area contributed by atoms with Crippen molar-refractivity contribution in [2.45, 2.75) is 12.8 Å². The van der Waals surface area contributed by atoms with Gasteiger partial charge in [0.25, 0.3) is 0 Å². The van der Waals surface area contributed by atoms with Crippen LogP contribution in [0.5, 0.6) is 11.5 Å². The molecule has 1 aromatic rings. The van der Waals surface area contributed by atoms with Gasteiger partial charge in [0.1, 0.15) is 17.8 Å². The zero-order valence-electron chi connectivity index (χ0n) is 10.2. The van der Waals surface area contributed by atoms with Gasteiger partial charge in [-0.15, -0.1) is 0 Å². The lowest BCUT2D eigenvalue weighted by Crippen LogP contribution is -2.03. The predicted molar refractivity (Wildman–Crippen MR) is 66.2 cm³/mol. The Labute approximate surface area is 106 Å². The average Bonchev–Trinajstić information content (AvgIpc) is 2.39. The Morgan fingerprint density at radius 3 is 1.83 bits per heavy atom. The second-order valence-corrected chi connectivity index (χ2v) is 3.71. The molecular weight excluding hydrogens is 236 g/mol. The largest absolute Gasteiger partial charge is 0.493 e. The van der Waals surface area contributed by atoms with Gasteiger partial charge in [-0.2, -0.15) is 0 Å². The van der Waals surface area contributed by atoms with Gasteiger partial charge in [0.05, 0.1) is 13.2 Å². The van der Waals surface area contributed by atoms with Crippen molar-refractivity contribution in [2.24, 2.45) is 0 Å². The zero-order valence-corrected chi connectivity index (χ0v) is 10.2. The minimum atomic E-state index is 0.0627. The molecule has 0 saturated carbocycles. The molecule has 0 spiro atoms. The Morgan fingerprint density at radius 1 is 0.944 bits per heavy atom. The third-order valence-corrected chi connectivity index (χ3v) is 2.18. The van der Waals surface area contributed by atoms with E-state index in [0.29, 0.717) is 43.1 Å². The van der Waals surface area contributed by atoms with Crippen LogP contribution in [0.15, 0.2) is 18.2 Å². The first-order valence-electron chi connectivity index (χ1n) is 5.87. The number of carbonyl (C=O) groups is 1. The van der Waals surface area contributed by atoms with Gasteiger partial charge in [0.2, 0.25) is 0 Å². The van der Waals surface area contributed by atoms with E-state index in [-0.39, 0.29) is 13.2 Å². The van der Waals surface area contributed by atoms with E-state index in [1.54, 1.807) is 18.2 Å². The van der Waals surface area contributed by atoms with Gasteiger partial charge in [0, 0.05) is 37.7 Å². The molecule has 0 aliphatic carbocycles. The number of rotatable bonds is 9. The summed E-state index contributed by atoms with van der Waals surface area (Å²) in [6.45, 7) is 0.893. The van der Waals surface area contributed by atoms with E-state index in [4.69, 9.17) is 19.7 Å². The van der Waals surface area contributed by atoms with Crippen LogP contribution in [0, 0.1) is 0 Å². The van der Waals surface area contributed by atoms with E-state index in [0.717, 1.165) is 6.29 Å². The number of aliphatic hydroxyl groups is 2. The van der Waals surface area contributed by atoms with Crippen LogP contribution in [-0.2, 0) is 0 Å². The Bertz CT molecular complexity index is 336. The van der Waals surface area contributed by atoms with Crippen LogP contribution in [0.1, 0.15) is 23.2 Å². The first-order chi connectivity index (χ1) is 8.80. The molecule has 1 aromatic carbocycles. The molecule has 0 atom stereocenters. The molecule has 0 saturated heterocycles. The van der Waals surface area contributed by atoms with E-state index >= 15 is 0 Å². The second kappa shape index (κ2) is 8.49. The molecule has 0 fully saturated rings. The second-order valence-electron chi connectivity index (χ2n) is 3.71. The lowest BCUT2D eigenvalue weighted by Gasteiger charge is -2.10. The van der Waals surface area contributed by atoms with Crippen molar-refractivity contribution in [3.05, 3.63) is 23.8 Å². The molecule has 1 rings (SSSR count). The third-order valence-electron chi connectivity index (χ3n) is 2.18. The maximum Gasteiger partial charge on any atom is 0.150 e. The SMILES string of the molecule is O=Cc1cc(OCCCO)cc(OCCCO)c1. The van der Waals surface area contributed by atoms with Crippen LogP contribution in [0.2, 0.25) is 0 Å². The fourth-order valence-electron chi connectivity index (χ4n) is 1.34. The van der Waals surface area contributed by atoms with Crippen molar-refractivity contribution >= 4 is 6.29 Å². The molecule has 2 N–H and O–H groups in total. The summed E-state index contributed by atoms with van der Waals surface area (Å²) < 4.78 is 10.8. The molecule has 0 aromatic heterocycles. The summed E-state index contributed by atoms with van der Waals surface area (Å²) in [7, 11) is 0. The fraction of sp³-hybridized carbons (Fsp3) is 0.462. The van der Waals surface area contributed by atoms with Crippen molar-refractivity contribution in [3.63, 3.8) is 0 Å². The van der Waals surface area contributed by atoms with Crippen LogP contribution < -0.4 is 9.47 Å². The lowest BCUT2D eigenvalue weighted by molar-refractivity contribution is 0.112. The Kier molecular flexibility index (Phi) is 6.83. The summed E-state index contributed by atoms with van der Waals surface area (Å²) in [5.74, 6) is 1.07.